The number of carbonyl (C=O) groups is 1. The molecular formula is C14H15N3O. The number of aryl methyl sites for hydroxylation is 2. The summed E-state index contributed by atoms with van der Waals surface area (Å²) in [6, 6.07) is 9.52. The van der Waals surface area contributed by atoms with Crippen molar-refractivity contribution in [3.63, 3.8) is 0 Å². The molecule has 1 aromatic carbocycles. The van der Waals surface area contributed by atoms with Gasteiger partial charge < -0.3 is 5.32 Å². The summed E-state index contributed by atoms with van der Waals surface area (Å²) in [7, 11) is 1.83. The molecule has 2 rings (SSSR count). The van der Waals surface area contributed by atoms with Crippen LogP contribution in [0, 0.1) is 6.92 Å². The smallest absolute Gasteiger partial charge is 0.248 e. The second-order valence-electron chi connectivity index (χ2n) is 4.02. The van der Waals surface area contributed by atoms with Gasteiger partial charge in [-0.2, -0.15) is 5.10 Å². The molecule has 0 saturated carbocycles. The monoisotopic (exact) mass is 241 g/mol. The number of nitrogens with one attached hydrogen (secondary N) is 1. The van der Waals surface area contributed by atoms with Crippen molar-refractivity contribution in [2.45, 2.75) is 6.92 Å². The molecule has 1 aromatic heterocycles. The fourth-order valence-electron chi connectivity index (χ4n) is 1.60. The summed E-state index contributed by atoms with van der Waals surface area (Å²) < 4.78 is 1.71. The second kappa shape index (κ2) is 5.31. The van der Waals surface area contributed by atoms with E-state index < -0.39 is 0 Å². The van der Waals surface area contributed by atoms with Gasteiger partial charge in [0.25, 0.3) is 0 Å². The number of carbonyl (C=O) groups excluding carboxylic acids is 1. The fourth-order valence-corrected chi connectivity index (χ4v) is 1.60. The Morgan fingerprint density at radius 2 is 2.11 bits per heavy atom. The number of para-hydroxylation sites is 1. The van der Waals surface area contributed by atoms with Crippen LogP contribution in [0.4, 0.5) is 5.69 Å². The normalized spacial score (nSPS) is 10.8. The van der Waals surface area contributed by atoms with Gasteiger partial charge in [0.1, 0.15) is 0 Å². The van der Waals surface area contributed by atoms with Crippen molar-refractivity contribution in [3.05, 3.63) is 53.9 Å². The van der Waals surface area contributed by atoms with Crippen molar-refractivity contribution in [2.75, 3.05) is 5.32 Å². The molecule has 0 bridgehead atoms. The predicted molar refractivity (Wildman–Crippen MR) is 72.1 cm³/mol. The van der Waals surface area contributed by atoms with E-state index in [1.807, 2.05) is 44.3 Å². The molecule has 0 saturated heterocycles. The van der Waals surface area contributed by atoms with Gasteiger partial charge in [-0.15, -0.1) is 0 Å². The Morgan fingerprint density at radius 3 is 2.78 bits per heavy atom. The molecule has 0 aliphatic carbocycles. The van der Waals surface area contributed by atoms with E-state index in [1.54, 1.807) is 17.0 Å². The van der Waals surface area contributed by atoms with E-state index in [1.165, 1.54) is 6.08 Å². The van der Waals surface area contributed by atoms with Gasteiger partial charge >= 0.3 is 0 Å². The topological polar surface area (TPSA) is 46.9 Å². The molecule has 1 N–H and O–H groups in total. The number of nitrogens with zero attached hydrogens (tertiary/aromatic N) is 2. The number of hydrogen-bond donors (Lipinski definition) is 1. The lowest BCUT2D eigenvalue weighted by Gasteiger charge is -2.05. The molecule has 4 heteroatoms. The molecule has 4 nitrogen and oxygen atoms in total. The Balaban J connectivity index is 2.04. The zero-order valence-electron chi connectivity index (χ0n) is 10.4. The van der Waals surface area contributed by atoms with Gasteiger partial charge in [-0.3, -0.25) is 9.48 Å². The molecule has 1 heterocycles. The number of rotatable bonds is 3. The van der Waals surface area contributed by atoms with Crippen LogP contribution in [-0.2, 0) is 11.8 Å². The van der Waals surface area contributed by atoms with Gasteiger partial charge in [0.2, 0.25) is 5.91 Å². The highest BCUT2D eigenvalue weighted by Crippen LogP contribution is 2.13. The molecule has 0 radical (unpaired) electrons. The molecular weight excluding hydrogens is 226 g/mol. The maximum absolute atomic E-state index is 11.7. The molecule has 0 aliphatic rings. The molecule has 0 aliphatic heterocycles. The highest BCUT2D eigenvalue weighted by atomic mass is 16.1. The van der Waals surface area contributed by atoms with Crippen LogP contribution in [0.2, 0.25) is 0 Å². The van der Waals surface area contributed by atoms with E-state index in [0.29, 0.717) is 0 Å². The number of benzene rings is 1. The molecule has 0 fully saturated rings. The van der Waals surface area contributed by atoms with Crippen molar-refractivity contribution < 1.29 is 4.79 Å². The summed E-state index contributed by atoms with van der Waals surface area (Å²) in [5, 5.41) is 6.86. The van der Waals surface area contributed by atoms with Crippen LogP contribution in [-0.4, -0.2) is 15.7 Å². The SMILES string of the molecule is Cc1ccccc1NC(=O)C=Cc1ccnn1C. The van der Waals surface area contributed by atoms with Crippen LogP contribution in [0.5, 0.6) is 0 Å². The minimum absolute atomic E-state index is 0.148. The number of aromatic nitrogens is 2. The summed E-state index contributed by atoms with van der Waals surface area (Å²) in [6.45, 7) is 1.96. The Morgan fingerprint density at radius 1 is 1.33 bits per heavy atom. The average molecular weight is 241 g/mol. The van der Waals surface area contributed by atoms with Crippen LogP contribution in [0.1, 0.15) is 11.3 Å². The Labute approximate surface area is 106 Å². The second-order valence-corrected chi connectivity index (χ2v) is 4.02. The summed E-state index contributed by atoms with van der Waals surface area (Å²) in [5.41, 5.74) is 2.76. The van der Waals surface area contributed by atoms with Gasteiger partial charge in [0, 0.05) is 25.0 Å². The van der Waals surface area contributed by atoms with Crippen LogP contribution < -0.4 is 5.32 Å². The Bertz CT molecular complexity index is 584. The molecule has 0 spiro atoms. The third kappa shape index (κ3) is 2.85. The molecule has 0 atom stereocenters. The zero-order valence-corrected chi connectivity index (χ0v) is 10.4. The van der Waals surface area contributed by atoms with E-state index in [2.05, 4.69) is 10.4 Å². The van der Waals surface area contributed by atoms with Gasteiger partial charge in [-0.1, -0.05) is 18.2 Å². The van der Waals surface area contributed by atoms with Crippen LogP contribution in [0.3, 0.4) is 0 Å². The first-order valence-corrected chi connectivity index (χ1v) is 5.69. The number of anilines is 1. The van der Waals surface area contributed by atoms with Crippen LogP contribution in [0.15, 0.2) is 42.6 Å². The lowest BCUT2D eigenvalue weighted by molar-refractivity contribution is -0.111. The van der Waals surface area contributed by atoms with Crippen molar-refractivity contribution in [1.82, 2.24) is 9.78 Å². The van der Waals surface area contributed by atoms with E-state index in [9.17, 15) is 4.79 Å². The van der Waals surface area contributed by atoms with Gasteiger partial charge in [0.05, 0.1) is 5.69 Å². The Kier molecular flexibility index (Phi) is 3.57. The Hall–Kier alpha value is -2.36. The van der Waals surface area contributed by atoms with E-state index in [0.717, 1.165) is 16.9 Å². The van der Waals surface area contributed by atoms with E-state index >= 15 is 0 Å². The van der Waals surface area contributed by atoms with Crippen LogP contribution >= 0.6 is 0 Å². The highest BCUT2D eigenvalue weighted by Gasteiger charge is 2.00. The quantitative estimate of drug-likeness (QED) is 0.839. The van der Waals surface area contributed by atoms with Gasteiger partial charge in [-0.25, -0.2) is 0 Å². The standard InChI is InChI=1S/C14H15N3O/c1-11-5-3-4-6-13(11)16-14(18)8-7-12-9-10-15-17(12)2/h3-10H,1-2H3,(H,16,18). The zero-order chi connectivity index (χ0) is 13.0. The highest BCUT2D eigenvalue weighted by molar-refractivity contribution is 6.02. The summed E-state index contributed by atoms with van der Waals surface area (Å²) in [6.07, 6.45) is 4.93. The summed E-state index contributed by atoms with van der Waals surface area (Å²) >= 11 is 0. The maximum Gasteiger partial charge on any atom is 0.248 e. The van der Waals surface area contributed by atoms with E-state index in [-0.39, 0.29) is 5.91 Å². The minimum atomic E-state index is -0.148. The first-order chi connectivity index (χ1) is 8.66. The predicted octanol–water partition coefficient (Wildman–Crippen LogP) is 2.38. The van der Waals surface area contributed by atoms with Crippen molar-refractivity contribution in [2.24, 2.45) is 7.05 Å². The van der Waals surface area contributed by atoms with Crippen molar-refractivity contribution in [3.8, 4) is 0 Å². The number of hydrogen-bond acceptors (Lipinski definition) is 2. The van der Waals surface area contributed by atoms with Gasteiger partial charge in [-0.05, 0) is 30.7 Å². The van der Waals surface area contributed by atoms with Crippen LogP contribution in [0.25, 0.3) is 6.08 Å². The first kappa shape index (κ1) is 12.1. The molecule has 18 heavy (non-hydrogen) atoms. The maximum atomic E-state index is 11.7. The molecule has 0 unspecified atom stereocenters. The van der Waals surface area contributed by atoms with E-state index in [4.69, 9.17) is 0 Å². The minimum Gasteiger partial charge on any atom is -0.322 e. The third-order valence-electron chi connectivity index (χ3n) is 2.67. The van der Waals surface area contributed by atoms with Crippen molar-refractivity contribution >= 4 is 17.7 Å². The third-order valence-corrected chi connectivity index (χ3v) is 2.67. The van der Waals surface area contributed by atoms with Gasteiger partial charge in [0.15, 0.2) is 0 Å². The average Bonchev–Trinajstić information content (AvgIpc) is 2.75. The molecule has 92 valence electrons. The number of amides is 1. The summed E-state index contributed by atoms with van der Waals surface area (Å²) in [5.74, 6) is -0.148. The largest absolute Gasteiger partial charge is 0.322 e. The lowest BCUT2D eigenvalue weighted by Crippen LogP contribution is -2.08. The fraction of sp³-hybridized carbons (Fsp3) is 0.143. The first-order valence-electron chi connectivity index (χ1n) is 5.69. The summed E-state index contributed by atoms with van der Waals surface area (Å²) in [4.78, 5) is 11.7. The molecule has 2 aromatic rings. The lowest BCUT2D eigenvalue weighted by atomic mass is 10.2. The van der Waals surface area contributed by atoms with Crippen molar-refractivity contribution in [1.29, 1.82) is 0 Å². The molecule has 1 amide bonds.